The molecule has 1 atom stereocenters. The Balaban J connectivity index is 2.88. The van der Waals surface area contributed by atoms with Crippen molar-refractivity contribution in [3.05, 3.63) is 34.9 Å². The van der Waals surface area contributed by atoms with Crippen LogP contribution in [0.2, 0.25) is 5.02 Å². The fraction of sp³-hybridized carbons (Fsp3) is 0.429. The Labute approximate surface area is 103 Å². The number of rotatable bonds is 4. The van der Waals surface area contributed by atoms with Crippen molar-refractivity contribution in [2.45, 2.75) is 38.8 Å². The maximum absolute atomic E-state index is 5.98. The molecule has 1 N–H and O–H groups in total. The second-order valence-electron chi connectivity index (χ2n) is 4.43. The van der Waals surface area contributed by atoms with E-state index in [1.54, 1.807) is 0 Å². The van der Waals surface area contributed by atoms with Crippen LogP contribution in [0, 0.1) is 12.3 Å². The molecule has 0 aliphatic carbocycles. The van der Waals surface area contributed by atoms with Gasteiger partial charge in [0.2, 0.25) is 0 Å². The lowest BCUT2D eigenvalue weighted by molar-refractivity contribution is 0.403. The van der Waals surface area contributed by atoms with Crippen molar-refractivity contribution in [2.24, 2.45) is 0 Å². The van der Waals surface area contributed by atoms with Gasteiger partial charge in [0.25, 0.3) is 0 Å². The SMILES string of the molecule is C#CC(C)(C)NC(CC)c1cccc(Cl)c1. The summed E-state index contributed by atoms with van der Waals surface area (Å²) in [5, 5.41) is 4.20. The summed E-state index contributed by atoms with van der Waals surface area (Å²) in [4.78, 5) is 0. The van der Waals surface area contributed by atoms with Gasteiger partial charge < -0.3 is 0 Å². The van der Waals surface area contributed by atoms with Gasteiger partial charge in [-0.3, -0.25) is 5.32 Å². The molecule has 1 unspecified atom stereocenters. The highest BCUT2D eigenvalue weighted by molar-refractivity contribution is 6.30. The van der Waals surface area contributed by atoms with E-state index in [-0.39, 0.29) is 11.6 Å². The van der Waals surface area contributed by atoms with E-state index >= 15 is 0 Å². The van der Waals surface area contributed by atoms with Crippen molar-refractivity contribution in [3.63, 3.8) is 0 Å². The van der Waals surface area contributed by atoms with Crippen molar-refractivity contribution < 1.29 is 0 Å². The maximum atomic E-state index is 5.98. The molecule has 0 aliphatic heterocycles. The summed E-state index contributed by atoms with van der Waals surface area (Å²) in [6.07, 6.45) is 6.46. The Morgan fingerprint density at radius 2 is 2.19 bits per heavy atom. The molecule has 0 aromatic heterocycles. The van der Waals surface area contributed by atoms with Crippen molar-refractivity contribution in [2.75, 3.05) is 0 Å². The highest BCUT2D eigenvalue weighted by Gasteiger charge is 2.19. The maximum Gasteiger partial charge on any atom is 0.0745 e. The van der Waals surface area contributed by atoms with E-state index in [0.717, 1.165) is 11.4 Å². The lowest BCUT2D eigenvalue weighted by atomic mass is 9.99. The first-order chi connectivity index (χ1) is 7.48. The van der Waals surface area contributed by atoms with Gasteiger partial charge in [-0.1, -0.05) is 36.6 Å². The molecule has 0 saturated carbocycles. The zero-order valence-electron chi connectivity index (χ0n) is 10.0. The molecule has 1 rings (SSSR count). The molecule has 0 saturated heterocycles. The van der Waals surface area contributed by atoms with Crippen LogP contribution < -0.4 is 5.32 Å². The Bertz CT molecular complexity index is 390. The second-order valence-corrected chi connectivity index (χ2v) is 4.87. The van der Waals surface area contributed by atoms with Crippen LogP contribution in [0.15, 0.2) is 24.3 Å². The van der Waals surface area contributed by atoms with Crippen molar-refractivity contribution >= 4 is 11.6 Å². The zero-order valence-corrected chi connectivity index (χ0v) is 10.8. The first-order valence-corrected chi connectivity index (χ1v) is 5.87. The third-order valence-corrected chi connectivity index (χ3v) is 2.79. The molecule has 0 bridgehead atoms. The molecular formula is C14H18ClN. The summed E-state index contributed by atoms with van der Waals surface area (Å²) < 4.78 is 0. The third-order valence-electron chi connectivity index (χ3n) is 2.56. The predicted octanol–water partition coefficient (Wildman–Crippen LogP) is 3.79. The lowest BCUT2D eigenvalue weighted by Gasteiger charge is -2.27. The molecular weight excluding hydrogens is 218 g/mol. The number of terminal acetylenes is 1. The van der Waals surface area contributed by atoms with Crippen molar-refractivity contribution in [3.8, 4) is 12.3 Å². The highest BCUT2D eigenvalue weighted by atomic mass is 35.5. The van der Waals surface area contributed by atoms with Crippen LogP contribution in [0.1, 0.15) is 38.8 Å². The van der Waals surface area contributed by atoms with Gasteiger partial charge in [0.05, 0.1) is 5.54 Å². The van der Waals surface area contributed by atoms with Crippen LogP contribution in [0.4, 0.5) is 0 Å². The van der Waals surface area contributed by atoms with Gasteiger partial charge in [0.15, 0.2) is 0 Å². The molecule has 2 heteroatoms. The molecule has 1 nitrogen and oxygen atoms in total. The summed E-state index contributed by atoms with van der Waals surface area (Å²) in [5.74, 6) is 2.75. The fourth-order valence-electron chi connectivity index (χ4n) is 1.62. The number of halogens is 1. The molecule has 1 aromatic rings. The average molecular weight is 236 g/mol. The van der Waals surface area contributed by atoms with Gasteiger partial charge in [0.1, 0.15) is 0 Å². The Morgan fingerprint density at radius 1 is 1.50 bits per heavy atom. The lowest BCUT2D eigenvalue weighted by Crippen LogP contribution is -2.40. The predicted molar refractivity (Wildman–Crippen MR) is 70.5 cm³/mol. The Kier molecular flexibility index (Phi) is 4.41. The molecule has 0 amide bonds. The minimum atomic E-state index is -0.303. The van der Waals surface area contributed by atoms with E-state index in [4.69, 9.17) is 18.0 Å². The van der Waals surface area contributed by atoms with Crippen LogP contribution in [0.3, 0.4) is 0 Å². The van der Waals surface area contributed by atoms with Gasteiger partial charge in [-0.15, -0.1) is 6.42 Å². The fourth-order valence-corrected chi connectivity index (χ4v) is 1.82. The molecule has 0 radical (unpaired) electrons. The number of hydrogen-bond acceptors (Lipinski definition) is 1. The molecule has 86 valence electrons. The van der Waals surface area contributed by atoms with Gasteiger partial charge in [0, 0.05) is 11.1 Å². The Morgan fingerprint density at radius 3 is 2.69 bits per heavy atom. The molecule has 0 heterocycles. The average Bonchev–Trinajstić information content (AvgIpc) is 2.26. The van der Waals surface area contributed by atoms with E-state index in [0.29, 0.717) is 0 Å². The summed E-state index contributed by atoms with van der Waals surface area (Å²) in [6.45, 7) is 6.13. The quantitative estimate of drug-likeness (QED) is 0.783. The monoisotopic (exact) mass is 235 g/mol. The third kappa shape index (κ3) is 3.56. The van der Waals surface area contributed by atoms with Gasteiger partial charge in [-0.05, 0) is 38.0 Å². The summed E-state index contributed by atoms with van der Waals surface area (Å²) in [5.41, 5.74) is 0.876. The first-order valence-electron chi connectivity index (χ1n) is 5.49. The van der Waals surface area contributed by atoms with E-state index < -0.39 is 0 Å². The summed E-state index contributed by atoms with van der Waals surface area (Å²) in [7, 11) is 0. The van der Waals surface area contributed by atoms with Crippen molar-refractivity contribution in [1.29, 1.82) is 0 Å². The second kappa shape index (κ2) is 5.39. The normalized spacial score (nSPS) is 13.2. The standard InChI is InChI=1S/C14H18ClN/c1-5-13(16-14(3,4)6-2)11-8-7-9-12(15)10-11/h2,7-10,13,16H,5H2,1,3-4H3. The molecule has 0 aliphatic rings. The summed E-state index contributed by atoms with van der Waals surface area (Å²) >= 11 is 5.98. The van der Waals surface area contributed by atoms with E-state index in [9.17, 15) is 0 Å². The highest BCUT2D eigenvalue weighted by Crippen LogP contribution is 2.22. The summed E-state index contributed by atoms with van der Waals surface area (Å²) in [6, 6.07) is 8.13. The van der Waals surface area contributed by atoms with Crippen LogP contribution in [0.5, 0.6) is 0 Å². The van der Waals surface area contributed by atoms with Crippen LogP contribution in [0.25, 0.3) is 0 Å². The molecule has 0 spiro atoms. The van der Waals surface area contributed by atoms with Crippen molar-refractivity contribution in [1.82, 2.24) is 5.32 Å². The van der Waals surface area contributed by atoms with Gasteiger partial charge >= 0.3 is 0 Å². The minimum absolute atomic E-state index is 0.241. The van der Waals surface area contributed by atoms with E-state index in [2.05, 4.69) is 24.2 Å². The molecule has 0 fully saturated rings. The van der Waals surface area contributed by atoms with Gasteiger partial charge in [-0.2, -0.15) is 0 Å². The topological polar surface area (TPSA) is 12.0 Å². The molecule has 1 aromatic carbocycles. The van der Waals surface area contributed by atoms with Crippen LogP contribution >= 0.6 is 11.6 Å². The number of benzene rings is 1. The molecule has 16 heavy (non-hydrogen) atoms. The largest absolute Gasteiger partial charge is 0.295 e. The van der Waals surface area contributed by atoms with Gasteiger partial charge in [-0.25, -0.2) is 0 Å². The van der Waals surface area contributed by atoms with E-state index in [1.807, 2.05) is 32.0 Å². The minimum Gasteiger partial charge on any atom is -0.295 e. The van der Waals surface area contributed by atoms with E-state index in [1.165, 1.54) is 5.56 Å². The zero-order chi connectivity index (χ0) is 12.2. The van der Waals surface area contributed by atoms with Crippen LogP contribution in [-0.4, -0.2) is 5.54 Å². The number of hydrogen-bond donors (Lipinski definition) is 1. The Hall–Kier alpha value is -0.970. The van der Waals surface area contributed by atoms with Crippen LogP contribution in [-0.2, 0) is 0 Å². The smallest absolute Gasteiger partial charge is 0.0745 e. The first kappa shape index (κ1) is 13.1. The number of nitrogens with one attached hydrogen (secondary N) is 1.